The third-order valence-corrected chi connectivity index (χ3v) is 6.29. The molecule has 3 atom stereocenters. The molecule has 0 spiro atoms. The molecule has 5 N–H and O–H groups in total. The Labute approximate surface area is 202 Å². The summed E-state index contributed by atoms with van der Waals surface area (Å²) in [6, 6.07) is 8.78. The SMILES string of the molecule is CC(C)C[C@@H](C(=O)NN(C(=O)[C@@H](C)N)C1CCCCC1)[C@H](CC=Cc1ccccc1)C(=O)NO. The zero-order valence-electron chi connectivity index (χ0n) is 20.6. The van der Waals surface area contributed by atoms with Crippen LogP contribution in [0.3, 0.4) is 0 Å². The maximum atomic E-state index is 13.5. The quantitative estimate of drug-likeness (QED) is 0.307. The van der Waals surface area contributed by atoms with Crippen molar-refractivity contribution in [2.24, 2.45) is 23.5 Å². The van der Waals surface area contributed by atoms with Crippen LogP contribution in [0.25, 0.3) is 6.08 Å². The maximum Gasteiger partial charge on any atom is 0.257 e. The average Bonchev–Trinajstić information content (AvgIpc) is 2.84. The van der Waals surface area contributed by atoms with E-state index in [1.54, 1.807) is 12.4 Å². The van der Waals surface area contributed by atoms with E-state index in [1.807, 2.05) is 56.3 Å². The molecule has 0 radical (unpaired) electrons. The fourth-order valence-electron chi connectivity index (χ4n) is 4.50. The molecule has 0 bridgehead atoms. The van der Waals surface area contributed by atoms with Gasteiger partial charge in [-0.1, -0.05) is 75.6 Å². The molecule has 8 heteroatoms. The molecule has 0 saturated heterocycles. The van der Waals surface area contributed by atoms with Gasteiger partial charge in [-0.3, -0.25) is 25.0 Å². The van der Waals surface area contributed by atoms with Gasteiger partial charge in [0.1, 0.15) is 0 Å². The minimum atomic E-state index is -0.800. The van der Waals surface area contributed by atoms with Crippen LogP contribution in [0.4, 0.5) is 0 Å². The molecule has 0 aromatic heterocycles. The fourth-order valence-corrected chi connectivity index (χ4v) is 4.50. The standard InChI is InChI=1S/C26H40N4O4/c1-18(2)17-23(22(25(32)29-34)16-10-13-20-11-6-4-7-12-20)24(31)28-30(26(33)19(3)27)21-14-8-5-9-15-21/h4,6-7,10-13,18-19,21-23,34H,5,8-9,14-17,27H2,1-3H3,(H,28,31)(H,29,32)/t19-,22+,23-/m1/s1. The van der Waals surface area contributed by atoms with Gasteiger partial charge in [-0.15, -0.1) is 0 Å². The Morgan fingerprint density at radius 3 is 2.26 bits per heavy atom. The Balaban J connectivity index is 2.26. The average molecular weight is 473 g/mol. The molecule has 8 nitrogen and oxygen atoms in total. The van der Waals surface area contributed by atoms with Crippen LogP contribution in [0.2, 0.25) is 0 Å². The predicted molar refractivity (Wildman–Crippen MR) is 132 cm³/mol. The molecule has 1 aliphatic carbocycles. The lowest BCUT2D eigenvalue weighted by atomic mass is 9.82. The molecular weight excluding hydrogens is 432 g/mol. The van der Waals surface area contributed by atoms with Gasteiger partial charge in [0.05, 0.1) is 23.9 Å². The molecular formula is C26H40N4O4. The van der Waals surface area contributed by atoms with Crippen LogP contribution in [0, 0.1) is 17.8 Å². The number of rotatable bonds is 10. The number of carbonyl (C=O) groups excluding carboxylic acids is 3. The highest BCUT2D eigenvalue weighted by Crippen LogP contribution is 2.27. The van der Waals surface area contributed by atoms with Crippen LogP contribution < -0.4 is 16.6 Å². The van der Waals surface area contributed by atoms with E-state index in [2.05, 4.69) is 5.43 Å². The molecule has 0 aliphatic heterocycles. The summed E-state index contributed by atoms with van der Waals surface area (Å²) >= 11 is 0. The molecule has 1 fully saturated rings. The van der Waals surface area contributed by atoms with Crippen molar-refractivity contribution in [3.8, 4) is 0 Å². The van der Waals surface area contributed by atoms with E-state index in [-0.39, 0.29) is 24.3 Å². The van der Waals surface area contributed by atoms with Crippen molar-refractivity contribution in [3.05, 3.63) is 42.0 Å². The van der Waals surface area contributed by atoms with Gasteiger partial charge in [-0.05, 0) is 44.1 Å². The summed E-state index contributed by atoms with van der Waals surface area (Å²) in [6.07, 6.45) is 9.08. The summed E-state index contributed by atoms with van der Waals surface area (Å²) in [6.45, 7) is 5.55. The van der Waals surface area contributed by atoms with Crippen LogP contribution in [0.15, 0.2) is 36.4 Å². The van der Waals surface area contributed by atoms with Gasteiger partial charge >= 0.3 is 0 Å². The maximum absolute atomic E-state index is 13.5. The molecule has 34 heavy (non-hydrogen) atoms. The third-order valence-electron chi connectivity index (χ3n) is 6.29. The van der Waals surface area contributed by atoms with E-state index in [4.69, 9.17) is 5.73 Å². The van der Waals surface area contributed by atoms with Crippen molar-refractivity contribution >= 4 is 23.8 Å². The number of hydrogen-bond donors (Lipinski definition) is 4. The van der Waals surface area contributed by atoms with Crippen molar-refractivity contribution in [1.82, 2.24) is 15.9 Å². The van der Waals surface area contributed by atoms with E-state index < -0.39 is 29.7 Å². The molecule has 0 unspecified atom stereocenters. The highest BCUT2D eigenvalue weighted by Gasteiger charge is 2.36. The van der Waals surface area contributed by atoms with E-state index in [0.29, 0.717) is 6.42 Å². The largest absolute Gasteiger partial charge is 0.320 e. The highest BCUT2D eigenvalue weighted by atomic mass is 16.5. The van der Waals surface area contributed by atoms with Crippen molar-refractivity contribution in [1.29, 1.82) is 0 Å². The topological polar surface area (TPSA) is 125 Å². The summed E-state index contributed by atoms with van der Waals surface area (Å²) < 4.78 is 0. The van der Waals surface area contributed by atoms with Crippen LogP contribution >= 0.6 is 0 Å². The minimum absolute atomic E-state index is 0.112. The number of amides is 3. The van der Waals surface area contributed by atoms with Crippen LogP contribution in [0.5, 0.6) is 0 Å². The van der Waals surface area contributed by atoms with Crippen LogP contribution in [-0.2, 0) is 14.4 Å². The number of allylic oxidation sites excluding steroid dienone is 1. The number of nitrogens with zero attached hydrogens (tertiary/aromatic N) is 1. The first kappa shape index (κ1) is 27.5. The number of benzene rings is 1. The fraction of sp³-hybridized carbons (Fsp3) is 0.577. The monoisotopic (exact) mass is 472 g/mol. The summed E-state index contributed by atoms with van der Waals surface area (Å²) in [5, 5.41) is 10.8. The van der Waals surface area contributed by atoms with Gasteiger partial charge in [0, 0.05) is 0 Å². The lowest BCUT2D eigenvalue weighted by Crippen LogP contribution is -2.58. The molecule has 188 valence electrons. The second-order valence-electron chi connectivity index (χ2n) is 9.63. The van der Waals surface area contributed by atoms with Gasteiger partial charge in [0.15, 0.2) is 0 Å². The second-order valence-corrected chi connectivity index (χ2v) is 9.63. The normalized spacial score (nSPS) is 17.2. The number of carbonyl (C=O) groups is 3. The Bertz CT molecular complexity index is 819. The van der Waals surface area contributed by atoms with E-state index >= 15 is 0 Å². The first-order chi connectivity index (χ1) is 16.2. The highest BCUT2D eigenvalue weighted by molar-refractivity contribution is 5.89. The smallest absolute Gasteiger partial charge is 0.257 e. The first-order valence-corrected chi connectivity index (χ1v) is 12.3. The van der Waals surface area contributed by atoms with E-state index in [0.717, 1.165) is 37.7 Å². The zero-order chi connectivity index (χ0) is 25.1. The number of hydrazine groups is 1. The Kier molecular flexibility index (Phi) is 11.2. The first-order valence-electron chi connectivity index (χ1n) is 12.3. The molecule has 1 saturated carbocycles. The molecule has 3 amide bonds. The predicted octanol–water partition coefficient (Wildman–Crippen LogP) is 3.41. The van der Waals surface area contributed by atoms with Gasteiger partial charge in [0.25, 0.3) is 5.91 Å². The molecule has 2 rings (SSSR count). The number of hydrogen-bond acceptors (Lipinski definition) is 5. The number of hydroxylamine groups is 1. The Hall–Kier alpha value is -2.71. The van der Waals surface area contributed by atoms with E-state index in [9.17, 15) is 19.6 Å². The van der Waals surface area contributed by atoms with Crippen molar-refractivity contribution in [3.63, 3.8) is 0 Å². The van der Waals surface area contributed by atoms with Gasteiger partial charge in [0.2, 0.25) is 11.8 Å². The Morgan fingerprint density at radius 1 is 1.06 bits per heavy atom. The van der Waals surface area contributed by atoms with Crippen molar-refractivity contribution in [2.45, 2.75) is 77.8 Å². The lowest BCUT2D eigenvalue weighted by molar-refractivity contribution is -0.150. The molecule has 1 aromatic rings. The summed E-state index contributed by atoms with van der Waals surface area (Å²) in [5.74, 6) is -2.78. The van der Waals surface area contributed by atoms with Crippen LogP contribution in [0.1, 0.15) is 71.3 Å². The lowest BCUT2D eigenvalue weighted by Gasteiger charge is -2.37. The van der Waals surface area contributed by atoms with Gasteiger partial charge in [-0.25, -0.2) is 10.5 Å². The van der Waals surface area contributed by atoms with Gasteiger partial charge < -0.3 is 5.73 Å². The number of nitrogens with two attached hydrogens (primary N) is 1. The summed E-state index contributed by atoms with van der Waals surface area (Å²) in [7, 11) is 0. The van der Waals surface area contributed by atoms with E-state index in [1.165, 1.54) is 5.01 Å². The second kappa shape index (κ2) is 13.9. The van der Waals surface area contributed by atoms with Crippen molar-refractivity contribution in [2.75, 3.05) is 0 Å². The van der Waals surface area contributed by atoms with Gasteiger partial charge in [-0.2, -0.15) is 0 Å². The zero-order valence-corrected chi connectivity index (χ0v) is 20.6. The molecule has 1 aromatic carbocycles. The molecule has 1 aliphatic rings. The summed E-state index contributed by atoms with van der Waals surface area (Å²) in [5.41, 5.74) is 11.4. The van der Waals surface area contributed by atoms with Crippen LogP contribution in [-0.4, -0.2) is 40.0 Å². The Morgan fingerprint density at radius 2 is 1.71 bits per heavy atom. The third kappa shape index (κ3) is 8.25. The minimum Gasteiger partial charge on any atom is -0.320 e. The number of nitrogens with one attached hydrogen (secondary N) is 2. The van der Waals surface area contributed by atoms with Crippen molar-refractivity contribution < 1.29 is 19.6 Å². The molecule has 0 heterocycles. The summed E-state index contributed by atoms with van der Waals surface area (Å²) in [4.78, 5) is 39.0.